The molecule has 0 bridgehead atoms. The van der Waals surface area contributed by atoms with Crippen LogP contribution < -0.4 is 4.90 Å². The van der Waals surface area contributed by atoms with E-state index in [2.05, 4.69) is 53.4 Å². The first-order chi connectivity index (χ1) is 12.3. The van der Waals surface area contributed by atoms with Gasteiger partial charge in [0.1, 0.15) is 0 Å². The average Bonchev–Trinajstić information content (AvgIpc) is 2.68. The molecule has 130 valence electrons. The van der Waals surface area contributed by atoms with Gasteiger partial charge in [0.25, 0.3) is 0 Å². The fraction of sp³-hybridized carbons (Fsp3) is 0.381. The molecule has 0 atom stereocenters. The molecule has 0 aliphatic carbocycles. The molecule has 1 saturated heterocycles. The molecule has 0 saturated carbocycles. The maximum absolute atomic E-state index is 13.0. The number of carbonyl (C=O) groups excluding carboxylic acids is 1. The van der Waals surface area contributed by atoms with Gasteiger partial charge in [0.15, 0.2) is 0 Å². The molecule has 2 amide bonds. The molecule has 4 rings (SSSR count). The van der Waals surface area contributed by atoms with Gasteiger partial charge in [-0.2, -0.15) is 0 Å². The van der Waals surface area contributed by atoms with E-state index in [0.29, 0.717) is 0 Å². The van der Waals surface area contributed by atoms with Crippen molar-refractivity contribution in [1.82, 2.24) is 9.80 Å². The Bertz CT molecular complexity index is 723. The standard InChI is InChI=1S/C21H25N3O/c25-21(24-12-6-10-19-9-4-5-11-20(19)24)23-15-13-22(14-16-23)17-18-7-2-1-3-8-18/h1-5,7-9,11H,6,10,12-17H2. The van der Waals surface area contributed by atoms with Crippen LogP contribution in [0.4, 0.5) is 10.5 Å². The predicted molar refractivity (Wildman–Crippen MR) is 101 cm³/mol. The van der Waals surface area contributed by atoms with Gasteiger partial charge >= 0.3 is 6.03 Å². The lowest BCUT2D eigenvalue weighted by atomic mass is 10.0. The first-order valence-electron chi connectivity index (χ1n) is 9.22. The van der Waals surface area contributed by atoms with Gasteiger partial charge in [-0.25, -0.2) is 4.79 Å². The number of aryl methyl sites for hydroxylation is 1. The van der Waals surface area contributed by atoms with Crippen LogP contribution >= 0.6 is 0 Å². The first kappa shape index (κ1) is 16.2. The van der Waals surface area contributed by atoms with Crippen molar-refractivity contribution >= 4 is 11.7 Å². The Morgan fingerprint density at radius 3 is 2.36 bits per heavy atom. The zero-order valence-corrected chi connectivity index (χ0v) is 14.6. The summed E-state index contributed by atoms with van der Waals surface area (Å²) in [5.74, 6) is 0. The highest BCUT2D eigenvalue weighted by molar-refractivity contribution is 5.93. The molecule has 0 spiro atoms. The van der Waals surface area contributed by atoms with Crippen LogP contribution in [0.3, 0.4) is 0 Å². The summed E-state index contributed by atoms with van der Waals surface area (Å²) in [5.41, 5.74) is 3.74. The van der Waals surface area contributed by atoms with Crippen LogP contribution in [-0.2, 0) is 13.0 Å². The number of para-hydroxylation sites is 1. The Labute approximate surface area is 149 Å². The molecule has 2 heterocycles. The summed E-state index contributed by atoms with van der Waals surface area (Å²) in [6.45, 7) is 5.30. The van der Waals surface area contributed by atoms with Crippen LogP contribution in [0.1, 0.15) is 17.5 Å². The Morgan fingerprint density at radius 1 is 0.840 bits per heavy atom. The van der Waals surface area contributed by atoms with Gasteiger partial charge in [-0.05, 0) is 30.0 Å². The lowest BCUT2D eigenvalue weighted by Gasteiger charge is -2.39. The highest BCUT2D eigenvalue weighted by Crippen LogP contribution is 2.27. The Morgan fingerprint density at radius 2 is 1.56 bits per heavy atom. The van der Waals surface area contributed by atoms with Gasteiger partial charge in [0.05, 0.1) is 0 Å². The van der Waals surface area contributed by atoms with Gasteiger partial charge in [0.2, 0.25) is 0 Å². The van der Waals surface area contributed by atoms with Gasteiger partial charge in [0, 0.05) is 45.0 Å². The maximum atomic E-state index is 13.0. The molecule has 4 nitrogen and oxygen atoms in total. The zero-order chi connectivity index (χ0) is 17.1. The summed E-state index contributed by atoms with van der Waals surface area (Å²) in [6.07, 6.45) is 2.13. The van der Waals surface area contributed by atoms with E-state index in [1.807, 2.05) is 15.9 Å². The molecule has 2 aliphatic rings. The second kappa shape index (κ2) is 7.28. The molecule has 2 aliphatic heterocycles. The number of amides is 2. The molecule has 1 fully saturated rings. The van der Waals surface area contributed by atoms with Crippen molar-refractivity contribution in [1.29, 1.82) is 0 Å². The molecule has 0 unspecified atom stereocenters. The fourth-order valence-corrected chi connectivity index (χ4v) is 3.84. The summed E-state index contributed by atoms with van der Waals surface area (Å²) in [5, 5.41) is 0. The fourth-order valence-electron chi connectivity index (χ4n) is 3.84. The lowest BCUT2D eigenvalue weighted by Crippen LogP contribution is -2.53. The van der Waals surface area contributed by atoms with Crippen LogP contribution in [0.2, 0.25) is 0 Å². The van der Waals surface area contributed by atoms with Crippen molar-refractivity contribution in [2.75, 3.05) is 37.6 Å². The molecule has 4 heteroatoms. The summed E-state index contributed by atoms with van der Waals surface area (Å²) in [6, 6.07) is 19.1. The first-order valence-corrected chi connectivity index (χ1v) is 9.22. The summed E-state index contributed by atoms with van der Waals surface area (Å²) < 4.78 is 0. The minimum atomic E-state index is 0.173. The molecule has 25 heavy (non-hydrogen) atoms. The minimum absolute atomic E-state index is 0.173. The Balaban J connectivity index is 1.37. The number of fused-ring (bicyclic) bond motifs is 1. The molecule has 0 aromatic heterocycles. The third kappa shape index (κ3) is 3.54. The molecular formula is C21H25N3O. The molecular weight excluding hydrogens is 310 g/mol. The molecule has 0 radical (unpaired) electrons. The van der Waals surface area contributed by atoms with Crippen molar-refractivity contribution in [2.24, 2.45) is 0 Å². The monoisotopic (exact) mass is 335 g/mol. The number of anilines is 1. The molecule has 2 aromatic carbocycles. The van der Waals surface area contributed by atoms with E-state index in [9.17, 15) is 4.79 Å². The summed E-state index contributed by atoms with van der Waals surface area (Å²) in [7, 11) is 0. The number of piperazine rings is 1. The van der Waals surface area contributed by atoms with Crippen LogP contribution in [0.25, 0.3) is 0 Å². The smallest absolute Gasteiger partial charge is 0.322 e. The van der Waals surface area contributed by atoms with E-state index < -0.39 is 0 Å². The van der Waals surface area contributed by atoms with E-state index in [1.54, 1.807) is 0 Å². The summed E-state index contributed by atoms with van der Waals surface area (Å²) >= 11 is 0. The largest absolute Gasteiger partial charge is 0.324 e. The predicted octanol–water partition coefficient (Wildman–Crippen LogP) is 3.38. The second-order valence-electron chi connectivity index (χ2n) is 6.92. The summed E-state index contributed by atoms with van der Waals surface area (Å²) in [4.78, 5) is 19.4. The quantitative estimate of drug-likeness (QED) is 0.841. The van der Waals surface area contributed by atoms with E-state index >= 15 is 0 Å². The number of carbonyl (C=O) groups is 1. The minimum Gasteiger partial charge on any atom is -0.322 e. The SMILES string of the molecule is O=C(N1CCN(Cc2ccccc2)CC1)N1CCCc2ccccc21. The topological polar surface area (TPSA) is 26.8 Å². The second-order valence-corrected chi connectivity index (χ2v) is 6.92. The van der Waals surface area contributed by atoms with Crippen LogP contribution in [0, 0.1) is 0 Å². The van der Waals surface area contributed by atoms with Gasteiger partial charge < -0.3 is 4.90 Å². The number of nitrogens with zero attached hydrogens (tertiary/aromatic N) is 3. The normalized spacial score (nSPS) is 18.1. The van der Waals surface area contributed by atoms with Gasteiger partial charge in [-0.3, -0.25) is 9.80 Å². The number of urea groups is 1. The maximum Gasteiger partial charge on any atom is 0.324 e. The van der Waals surface area contributed by atoms with Crippen molar-refractivity contribution in [3.05, 3.63) is 65.7 Å². The average molecular weight is 335 g/mol. The van der Waals surface area contributed by atoms with Gasteiger partial charge in [-0.1, -0.05) is 48.5 Å². The molecule has 2 aromatic rings. The number of benzene rings is 2. The van der Waals surface area contributed by atoms with Crippen molar-refractivity contribution < 1.29 is 4.79 Å². The van der Waals surface area contributed by atoms with Crippen molar-refractivity contribution in [3.8, 4) is 0 Å². The third-order valence-electron chi connectivity index (χ3n) is 5.23. The lowest BCUT2D eigenvalue weighted by molar-refractivity contribution is 0.139. The van der Waals surface area contributed by atoms with E-state index in [1.165, 1.54) is 11.1 Å². The van der Waals surface area contributed by atoms with Crippen molar-refractivity contribution in [3.63, 3.8) is 0 Å². The highest BCUT2D eigenvalue weighted by Gasteiger charge is 2.28. The molecule has 0 N–H and O–H groups in total. The van der Waals surface area contributed by atoms with E-state index in [-0.39, 0.29) is 6.03 Å². The van der Waals surface area contributed by atoms with E-state index in [0.717, 1.165) is 57.8 Å². The van der Waals surface area contributed by atoms with Crippen LogP contribution in [-0.4, -0.2) is 48.6 Å². The number of rotatable bonds is 2. The van der Waals surface area contributed by atoms with Crippen LogP contribution in [0.5, 0.6) is 0 Å². The number of hydrogen-bond acceptors (Lipinski definition) is 2. The zero-order valence-electron chi connectivity index (χ0n) is 14.6. The van der Waals surface area contributed by atoms with Gasteiger partial charge in [-0.15, -0.1) is 0 Å². The highest BCUT2D eigenvalue weighted by atomic mass is 16.2. The third-order valence-corrected chi connectivity index (χ3v) is 5.23. The Hall–Kier alpha value is -2.33. The number of hydrogen-bond donors (Lipinski definition) is 0. The van der Waals surface area contributed by atoms with Crippen LogP contribution in [0.15, 0.2) is 54.6 Å². The van der Waals surface area contributed by atoms with E-state index in [4.69, 9.17) is 0 Å². The Kier molecular flexibility index (Phi) is 4.70. The van der Waals surface area contributed by atoms with Crippen molar-refractivity contribution in [2.45, 2.75) is 19.4 Å².